The number of para-hydroxylation sites is 1. The molecule has 3 aromatic carbocycles. The van der Waals surface area contributed by atoms with Crippen molar-refractivity contribution in [3.8, 4) is 0 Å². The number of nitrogens with zero attached hydrogens (tertiary/aromatic N) is 4. The number of fused-ring (bicyclic) bond motifs is 1. The fraction of sp³-hybridized carbons (Fsp3) is 0.259. The second-order valence-corrected chi connectivity index (χ2v) is 11.7. The highest BCUT2D eigenvalue weighted by Crippen LogP contribution is 2.31. The predicted molar refractivity (Wildman–Crippen MR) is 155 cm³/mol. The lowest BCUT2D eigenvalue weighted by atomic mass is 10.2. The van der Waals surface area contributed by atoms with Crippen molar-refractivity contribution in [2.75, 3.05) is 43.4 Å². The number of carbonyl (C=O) groups excluding carboxylic acids is 1. The molecule has 37 heavy (non-hydrogen) atoms. The third-order valence-corrected chi connectivity index (χ3v) is 8.82. The molecule has 0 N–H and O–H groups in total. The average molecular weight is 559 g/mol. The smallest absolute Gasteiger partial charge is 0.264 e. The highest BCUT2D eigenvalue weighted by atomic mass is 35.5. The molecule has 0 bridgehead atoms. The number of sulfonamides is 1. The monoisotopic (exact) mass is 558 g/mol. The third-order valence-electron chi connectivity index (χ3n) is 5.98. The Balaban J connectivity index is 0.00000380. The van der Waals surface area contributed by atoms with E-state index >= 15 is 0 Å². The number of anilines is 2. The number of hydrogen-bond acceptors (Lipinski definition) is 6. The minimum Gasteiger partial charge on any atom is -0.308 e. The Morgan fingerprint density at radius 1 is 0.919 bits per heavy atom. The number of rotatable bonds is 9. The summed E-state index contributed by atoms with van der Waals surface area (Å²) >= 11 is 1.49. The van der Waals surface area contributed by atoms with Gasteiger partial charge in [-0.25, -0.2) is 13.4 Å². The molecule has 0 saturated carbocycles. The van der Waals surface area contributed by atoms with E-state index in [1.54, 1.807) is 41.3 Å². The van der Waals surface area contributed by atoms with Crippen LogP contribution in [0, 0.1) is 0 Å². The Bertz CT molecular complexity index is 1460. The maximum Gasteiger partial charge on any atom is 0.264 e. The molecule has 0 saturated heterocycles. The first-order valence-corrected chi connectivity index (χ1v) is 14.0. The topological polar surface area (TPSA) is 73.8 Å². The summed E-state index contributed by atoms with van der Waals surface area (Å²) in [6.45, 7) is 3.23. The van der Waals surface area contributed by atoms with Gasteiger partial charge in [0.25, 0.3) is 15.9 Å². The summed E-state index contributed by atoms with van der Waals surface area (Å²) in [7, 11) is 1.67. The van der Waals surface area contributed by atoms with Crippen molar-refractivity contribution in [3.63, 3.8) is 0 Å². The van der Waals surface area contributed by atoms with Gasteiger partial charge in [0.1, 0.15) is 0 Å². The molecule has 4 rings (SSSR count). The van der Waals surface area contributed by atoms with Gasteiger partial charge in [-0.05, 0) is 74.6 Å². The second-order valence-electron chi connectivity index (χ2n) is 8.74. The van der Waals surface area contributed by atoms with Crippen LogP contribution in [-0.2, 0) is 16.4 Å². The average Bonchev–Trinajstić information content (AvgIpc) is 3.31. The van der Waals surface area contributed by atoms with Gasteiger partial charge in [0.05, 0.1) is 20.8 Å². The predicted octanol–water partition coefficient (Wildman–Crippen LogP) is 5.31. The molecule has 0 unspecified atom stereocenters. The van der Waals surface area contributed by atoms with Crippen molar-refractivity contribution in [1.29, 1.82) is 0 Å². The van der Waals surface area contributed by atoms with E-state index in [0.29, 0.717) is 29.5 Å². The van der Waals surface area contributed by atoms with E-state index in [1.165, 1.54) is 40.4 Å². The van der Waals surface area contributed by atoms with Crippen molar-refractivity contribution in [2.24, 2.45) is 0 Å². The number of hydrogen-bond donors (Lipinski definition) is 0. The standard InChI is InChI=1S/C27H30N4O3S2.ClH/c1-5-20-11-16-24-25(19-20)35-27(28-24)31(18-17-29(2)3)26(32)21-12-14-23(15-13-21)36(33,34)30(4)22-9-7-6-8-10-22;/h6-16,19H,5,17-18H2,1-4H3;1H. The fourth-order valence-corrected chi connectivity index (χ4v) is 5.99. The first kappa shape index (κ1) is 28.6. The van der Waals surface area contributed by atoms with Gasteiger partial charge in [-0.3, -0.25) is 14.0 Å². The third kappa shape index (κ3) is 6.30. The van der Waals surface area contributed by atoms with Crippen LogP contribution < -0.4 is 9.21 Å². The van der Waals surface area contributed by atoms with Gasteiger partial charge in [0.15, 0.2) is 5.13 Å². The molecule has 1 amide bonds. The van der Waals surface area contributed by atoms with Crippen LogP contribution in [0.1, 0.15) is 22.8 Å². The SMILES string of the molecule is CCc1ccc2nc(N(CCN(C)C)C(=O)c3ccc(S(=O)(=O)N(C)c4ccccc4)cc3)sc2c1.Cl. The molecular formula is C27H31ClN4O3S2. The van der Waals surface area contributed by atoms with E-state index in [1.807, 2.05) is 31.1 Å². The number of aryl methyl sites for hydroxylation is 1. The van der Waals surface area contributed by atoms with Gasteiger partial charge in [-0.1, -0.05) is 42.5 Å². The van der Waals surface area contributed by atoms with Crippen molar-refractivity contribution >= 4 is 60.7 Å². The maximum absolute atomic E-state index is 13.6. The molecular weight excluding hydrogens is 528 g/mol. The number of halogens is 1. The van der Waals surface area contributed by atoms with Crippen LogP contribution in [0.4, 0.5) is 10.8 Å². The van der Waals surface area contributed by atoms with E-state index in [2.05, 4.69) is 19.1 Å². The summed E-state index contributed by atoms with van der Waals surface area (Å²) in [5.41, 5.74) is 3.06. The first-order chi connectivity index (χ1) is 17.2. The zero-order valence-corrected chi connectivity index (χ0v) is 23.7. The van der Waals surface area contributed by atoms with Crippen molar-refractivity contribution in [3.05, 3.63) is 83.9 Å². The molecule has 7 nitrogen and oxygen atoms in total. The molecule has 1 aromatic heterocycles. The molecule has 0 aliphatic carbocycles. The number of aromatic nitrogens is 1. The molecule has 4 aromatic rings. The summed E-state index contributed by atoms with van der Waals surface area (Å²) in [4.78, 5) is 22.1. The van der Waals surface area contributed by atoms with E-state index in [0.717, 1.165) is 16.6 Å². The summed E-state index contributed by atoms with van der Waals surface area (Å²) in [5, 5.41) is 0.630. The van der Waals surface area contributed by atoms with Gasteiger partial charge >= 0.3 is 0 Å². The van der Waals surface area contributed by atoms with Gasteiger partial charge in [-0.15, -0.1) is 12.4 Å². The van der Waals surface area contributed by atoms with Gasteiger partial charge < -0.3 is 4.90 Å². The second kappa shape index (κ2) is 12.0. The van der Waals surface area contributed by atoms with Crippen LogP contribution >= 0.6 is 23.7 Å². The highest BCUT2D eigenvalue weighted by molar-refractivity contribution is 7.92. The zero-order chi connectivity index (χ0) is 25.9. The Labute approximate surface area is 228 Å². The molecule has 0 aliphatic heterocycles. The van der Waals surface area contributed by atoms with Crippen LogP contribution in [0.25, 0.3) is 10.2 Å². The largest absolute Gasteiger partial charge is 0.308 e. The number of amides is 1. The highest BCUT2D eigenvalue weighted by Gasteiger charge is 2.24. The van der Waals surface area contributed by atoms with Gasteiger partial charge in [0, 0.05) is 25.7 Å². The Morgan fingerprint density at radius 3 is 2.22 bits per heavy atom. The Kier molecular flexibility index (Phi) is 9.31. The van der Waals surface area contributed by atoms with E-state index < -0.39 is 10.0 Å². The molecule has 1 heterocycles. The van der Waals surface area contributed by atoms with Gasteiger partial charge in [0.2, 0.25) is 0 Å². The van der Waals surface area contributed by atoms with Crippen LogP contribution in [0.5, 0.6) is 0 Å². The minimum atomic E-state index is -3.76. The van der Waals surface area contributed by atoms with Crippen molar-refractivity contribution in [1.82, 2.24) is 9.88 Å². The zero-order valence-electron chi connectivity index (χ0n) is 21.3. The quantitative estimate of drug-likeness (QED) is 0.278. The molecule has 196 valence electrons. The van der Waals surface area contributed by atoms with Crippen LogP contribution in [-0.4, -0.2) is 58.4 Å². The summed E-state index contributed by atoms with van der Waals surface area (Å²) in [5.74, 6) is -0.216. The van der Waals surface area contributed by atoms with Crippen LogP contribution in [0.2, 0.25) is 0 Å². The minimum absolute atomic E-state index is 0. The maximum atomic E-state index is 13.6. The van der Waals surface area contributed by atoms with E-state index in [4.69, 9.17) is 4.98 Å². The Morgan fingerprint density at radius 2 is 1.59 bits per heavy atom. The number of benzene rings is 3. The molecule has 10 heteroatoms. The summed E-state index contributed by atoms with van der Waals surface area (Å²) in [6.07, 6.45) is 0.932. The fourth-order valence-electron chi connectivity index (χ4n) is 3.74. The lowest BCUT2D eigenvalue weighted by Gasteiger charge is -2.22. The van der Waals surface area contributed by atoms with Gasteiger partial charge in [-0.2, -0.15) is 0 Å². The van der Waals surface area contributed by atoms with E-state index in [-0.39, 0.29) is 23.2 Å². The lowest BCUT2D eigenvalue weighted by molar-refractivity contribution is 0.0985. The van der Waals surface area contributed by atoms with Crippen molar-refractivity contribution in [2.45, 2.75) is 18.2 Å². The van der Waals surface area contributed by atoms with E-state index in [9.17, 15) is 13.2 Å². The summed E-state index contributed by atoms with van der Waals surface area (Å²) in [6, 6.07) is 21.2. The number of carbonyl (C=O) groups is 1. The molecule has 0 spiro atoms. The molecule has 0 fully saturated rings. The summed E-state index contributed by atoms with van der Waals surface area (Å²) < 4.78 is 28.5. The molecule has 0 aliphatic rings. The molecule has 0 radical (unpaired) electrons. The number of thiazole rings is 1. The van der Waals surface area contributed by atoms with Crippen LogP contribution in [0.3, 0.4) is 0 Å². The van der Waals surface area contributed by atoms with Crippen LogP contribution in [0.15, 0.2) is 77.7 Å². The molecule has 0 atom stereocenters. The van der Waals surface area contributed by atoms with Crippen molar-refractivity contribution < 1.29 is 13.2 Å². The lowest BCUT2D eigenvalue weighted by Crippen LogP contribution is -2.36. The Hall–Kier alpha value is -2.98. The first-order valence-electron chi connectivity index (χ1n) is 11.7. The number of likely N-dealkylation sites (N-methyl/N-ethyl adjacent to an activating group) is 1. The normalized spacial score (nSPS) is 11.4.